The van der Waals surface area contributed by atoms with Gasteiger partial charge in [-0.25, -0.2) is 0 Å². The van der Waals surface area contributed by atoms with Gasteiger partial charge in [-0.3, -0.25) is 9.59 Å². The van der Waals surface area contributed by atoms with Gasteiger partial charge in [0.2, 0.25) is 5.91 Å². The molecule has 2 aliphatic rings. The van der Waals surface area contributed by atoms with Gasteiger partial charge in [-0.05, 0) is 37.5 Å². The van der Waals surface area contributed by atoms with Crippen molar-refractivity contribution in [3.8, 4) is 0 Å². The Kier molecular flexibility index (Phi) is 4.37. The van der Waals surface area contributed by atoms with Crippen LogP contribution in [0.15, 0.2) is 0 Å². The second-order valence-electron chi connectivity index (χ2n) is 6.80. The molecule has 0 bridgehead atoms. The topological polar surface area (TPSA) is 83.6 Å². The van der Waals surface area contributed by atoms with E-state index in [1.807, 2.05) is 6.92 Å². The fourth-order valence-electron chi connectivity index (χ4n) is 3.61. The third kappa shape index (κ3) is 2.68. The molecule has 1 aliphatic carbocycles. The van der Waals surface area contributed by atoms with E-state index < -0.39 is 17.3 Å². The normalized spacial score (nSPS) is 38.0. The Balaban J connectivity index is 2.08. The van der Waals surface area contributed by atoms with Crippen LogP contribution in [-0.2, 0) is 9.59 Å². The molecule has 3 N–H and O–H groups in total. The molecule has 2 fully saturated rings. The van der Waals surface area contributed by atoms with Gasteiger partial charge in [-0.15, -0.1) is 0 Å². The van der Waals surface area contributed by atoms with Crippen molar-refractivity contribution in [2.45, 2.75) is 39.5 Å². The molecular weight excluding hydrogens is 256 g/mol. The molecule has 1 aliphatic heterocycles. The Morgan fingerprint density at radius 2 is 1.85 bits per heavy atom. The van der Waals surface area contributed by atoms with Crippen molar-refractivity contribution in [1.82, 2.24) is 4.90 Å². The number of nitrogens with zero attached hydrogens (tertiary/aromatic N) is 1. The number of hydrogen-bond acceptors (Lipinski definition) is 3. The molecule has 0 aromatic carbocycles. The molecule has 5 heteroatoms. The van der Waals surface area contributed by atoms with E-state index in [4.69, 9.17) is 5.73 Å². The van der Waals surface area contributed by atoms with Crippen molar-refractivity contribution in [1.29, 1.82) is 0 Å². The van der Waals surface area contributed by atoms with Crippen molar-refractivity contribution in [2.24, 2.45) is 28.9 Å². The molecule has 0 aromatic heterocycles. The summed E-state index contributed by atoms with van der Waals surface area (Å²) < 4.78 is 0. The lowest BCUT2D eigenvalue weighted by atomic mass is 9.70. The maximum Gasteiger partial charge on any atom is 0.308 e. The lowest BCUT2D eigenvalue weighted by molar-refractivity contribution is -0.144. The largest absolute Gasteiger partial charge is 0.481 e. The lowest BCUT2D eigenvalue weighted by Crippen LogP contribution is -2.49. The number of rotatable bonds is 3. The first-order valence-corrected chi connectivity index (χ1v) is 7.62. The number of carbonyl (C=O) groups excluding carboxylic acids is 1. The van der Waals surface area contributed by atoms with E-state index >= 15 is 0 Å². The quantitative estimate of drug-likeness (QED) is 0.817. The molecule has 0 spiro atoms. The van der Waals surface area contributed by atoms with Crippen molar-refractivity contribution in [2.75, 3.05) is 19.6 Å². The van der Waals surface area contributed by atoms with Crippen LogP contribution < -0.4 is 5.73 Å². The minimum Gasteiger partial charge on any atom is -0.481 e. The number of hydrogen-bond donors (Lipinski definition) is 2. The average Bonchev–Trinajstić information content (AvgIpc) is 2.81. The number of carbonyl (C=O) groups is 2. The molecule has 1 heterocycles. The van der Waals surface area contributed by atoms with Crippen molar-refractivity contribution >= 4 is 11.9 Å². The summed E-state index contributed by atoms with van der Waals surface area (Å²) in [7, 11) is 0. The van der Waals surface area contributed by atoms with Gasteiger partial charge in [0.15, 0.2) is 0 Å². The number of nitrogens with two attached hydrogens (primary N) is 1. The molecule has 1 amide bonds. The Morgan fingerprint density at radius 1 is 1.25 bits per heavy atom. The summed E-state index contributed by atoms with van der Waals surface area (Å²) in [6, 6.07) is 0. The minimum atomic E-state index is -0.799. The summed E-state index contributed by atoms with van der Waals surface area (Å²) >= 11 is 0. The van der Waals surface area contributed by atoms with Crippen LogP contribution in [0.2, 0.25) is 0 Å². The number of likely N-dealkylation sites (tertiary alicyclic amines) is 1. The summed E-state index contributed by atoms with van der Waals surface area (Å²) in [5.41, 5.74) is 5.47. The Labute approximate surface area is 120 Å². The average molecular weight is 282 g/mol. The minimum absolute atomic E-state index is 0.0220. The van der Waals surface area contributed by atoms with E-state index in [-0.39, 0.29) is 11.8 Å². The van der Waals surface area contributed by atoms with Gasteiger partial charge in [0.25, 0.3) is 0 Å². The van der Waals surface area contributed by atoms with Gasteiger partial charge < -0.3 is 15.7 Å². The van der Waals surface area contributed by atoms with Crippen molar-refractivity contribution in [3.63, 3.8) is 0 Å². The molecule has 20 heavy (non-hydrogen) atoms. The van der Waals surface area contributed by atoms with Gasteiger partial charge in [0.05, 0.1) is 11.3 Å². The fourth-order valence-corrected chi connectivity index (χ4v) is 3.61. The zero-order chi connectivity index (χ0) is 14.9. The van der Waals surface area contributed by atoms with E-state index in [2.05, 4.69) is 6.92 Å². The molecular formula is C15H26N2O3. The number of aliphatic carboxylic acids is 1. The van der Waals surface area contributed by atoms with Gasteiger partial charge in [-0.1, -0.05) is 13.8 Å². The predicted octanol–water partition coefficient (Wildman–Crippen LogP) is 1.32. The molecule has 2 rings (SSSR count). The van der Waals surface area contributed by atoms with Crippen LogP contribution in [0.5, 0.6) is 0 Å². The number of carboxylic acids is 1. The summed E-state index contributed by atoms with van der Waals surface area (Å²) in [6.07, 6.45) is 3.75. The SMILES string of the molecule is CC1CCC(CN)(C(=O)N2CC(C)C(C(=O)O)C2)CC1. The van der Waals surface area contributed by atoms with Crippen molar-refractivity contribution < 1.29 is 14.7 Å². The van der Waals surface area contributed by atoms with E-state index in [1.165, 1.54) is 0 Å². The zero-order valence-corrected chi connectivity index (χ0v) is 12.5. The van der Waals surface area contributed by atoms with Gasteiger partial charge in [-0.2, -0.15) is 0 Å². The highest BCUT2D eigenvalue weighted by Crippen LogP contribution is 2.41. The molecule has 2 atom stereocenters. The Bertz CT molecular complexity index is 389. The van der Waals surface area contributed by atoms with Crippen LogP contribution in [0, 0.1) is 23.2 Å². The third-order valence-corrected chi connectivity index (χ3v) is 5.29. The van der Waals surface area contributed by atoms with Crippen LogP contribution in [0.3, 0.4) is 0 Å². The highest BCUT2D eigenvalue weighted by atomic mass is 16.4. The van der Waals surface area contributed by atoms with E-state index in [0.717, 1.165) is 25.7 Å². The van der Waals surface area contributed by atoms with Crippen LogP contribution >= 0.6 is 0 Å². The van der Waals surface area contributed by atoms with Gasteiger partial charge >= 0.3 is 5.97 Å². The first-order chi connectivity index (χ1) is 9.39. The maximum atomic E-state index is 12.8. The monoisotopic (exact) mass is 282 g/mol. The molecule has 5 nitrogen and oxygen atoms in total. The smallest absolute Gasteiger partial charge is 0.308 e. The van der Waals surface area contributed by atoms with E-state index in [1.54, 1.807) is 4.90 Å². The van der Waals surface area contributed by atoms with Gasteiger partial charge in [0.1, 0.15) is 0 Å². The summed E-state index contributed by atoms with van der Waals surface area (Å²) in [6.45, 7) is 5.38. The molecule has 0 aromatic rings. The highest BCUT2D eigenvalue weighted by molar-refractivity contribution is 5.84. The van der Waals surface area contributed by atoms with Crippen molar-refractivity contribution in [3.05, 3.63) is 0 Å². The third-order valence-electron chi connectivity index (χ3n) is 5.29. The van der Waals surface area contributed by atoms with Crippen LogP contribution in [0.1, 0.15) is 39.5 Å². The maximum absolute atomic E-state index is 12.8. The van der Waals surface area contributed by atoms with E-state index in [9.17, 15) is 14.7 Å². The summed E-state index contributed by atoms with van der Waals surface area (Å²) in [5.74, 6) is -0.466. The number of carboxylic acid groups (broad SMARTS) is 1. The van der Waals surface area contributed by atoms with Crippen LogP contribution in [-0.4, -0.2) is 41.5 Å². The second-order valence-corrected chi connectivity index (χ2v) is 6.80. The lowest BCUT2D eigenvalue weighted by Gasteiger charge is -2.39. The van der Waals surface area contributed by atoms with Gasteiger partial charge in [0, 0.05) is 19.6 Å². The number of amides is 1. The van der Waals surface area contributed by atoms with Crippen LogP contribution in [0.25, 0.3) is 0 Å². The molecule has 0 radical (unpaired) electrons. The zero-order valence-electron chi connectivity index (χ0n) is 12.5. The Hall–Kier alpha value is -1.10. The summed E-state index contributed by atoms with van der Waals surface area (Å²) in [4.78, 5) is 25.8. The molecule has 1 saturated heterocycles. The standard InChI is InChI=1S/C15H26N2O3/c1-10-3-5-15(9-16,6-4-10)14(20)17-7-11(2)12(8-17)13(18)19/h10-12H,3-9,16H2,1-2H3,(H,18,19). The first kappa shape index (κ1) is 15.3. The van der Waals surface area contributed by atoms with E-state index in [0.29, 0.717) is 25.6 Å². The second kappa shape index (κ2) is 5.72. The predicted molar refractivity (Wildman–Crippen MR) is 76.0 cm³/mol. The molecule has 1 saturated carbocycles. The molecule has 2 unspecified atom stereocenters. The molecule has 114 valence electrons. The highest BCUT2D eigenvalue weighted by Gasteiger charge is 2.46. The first-order valence-electron chi connectivity index (χ1n) is 7.62. The van der Waals surface area contributed by atoms with Crippen LogP contribution in [0.4, 0.5) is 0 Å². The Morgan fingerprint density at radius 3 is 2.30 bits per heavy atom. The summed E-state index contributed by atoms with van der Waals surface area (Å²) in [5, 5.41) is 9.19. The fraction of sp³-hybridized carbons (Fsp3) is 0.867.